The molecule has 1 aromatic heterocycles. The summed E-state index contributed by atoms with van der Waals surface area (Å²) in [7, 11) is 3.57. The second-order valence-corrected chi connectivity index (χ2v) is 5.14. The predicted molar refractivity (Wildman–Crippen MR) is 80.7 cm³/mol. The van der Waals surface area contributed by atoms with E-state index in [1.54, 1.807) is 11.8 Å². The number of aryl methyl sites for hydroxylation is 2. The predicted octanol–water partition coefficient (Wildman–Crippen LogP) is 2.82. The lowest BCUT2D eigenvalue weighted by molar-refractivity contribution is 0.184. The van der Waals surface area contributed by atoms with Crippen molar-refractivity contribution in [3.05, 3.63) is 51.8 Å². The summed E-state index contributed by atoms with van der Waals surface area (Å²) in [6.07, 6.45) is 0. The van der Waals surface area contributed by atoms with Crippen LogP contribution in [0.2, 0.25) is 5.15 Å². The molecule has 0 unspecified atom stereocenters. The van der Waals surface area contributed by atoms with Gasteiger partial charge in [0.1, 0.15) is 5.15 Å². The molecule has 0 radical (unpaired) electrons. The van der Waals surface area contributed by atoms with Crippen LogP contribution in [-0.4, -0.2) is 16.9 Å². The zero-order chi connectivity index (χ0) is 14.5. The SMILES string of the molecule is COCc1ccccc1CNCc1c(C)nn(C)c1Cl. The maximum absolute atomic E-state index is 6.22. The zero-order valence-electron chi connectivity index (χ0n) is 12.1. The fourth-order valence-electron chi connectivity index (χ4n) is 2.22. The number of benzene rings is 1. The van der Waals surface area contributed by atoms with Crippen molar-refractivity contribution >= 4 is 11.6 Å². The molecule has 0 bridgehead atoms. The van der Waals surface area contributed by atoms with Crippen LogP contribution in [0, 0.1) is 6.92 Å². The number of rotatable bonds is 6. The summed E-state index contributed by atoms with van der Waals surface area (Å²) in [6.45, 7) is 4.09. The molecule has 5 heteroatoms. The second kappa shape index (κ2) is 6.88. The van der Waals surface area contributed by atoms with E-state index in [9.17, 15) is 0 Å². The lowest BCUT2D eigenvalue weighted by Gasteiger charge is -2.10. The summed E-state index contributed by atoms with van der Waals surface area (Å²) in [4.78, 5) is 0. The molecular weight excluding hydrogens is 274 g/mol. The van der Waals surface area contributed by atoms with Crippen LogP contribution < -0.4 is 5.32 Å². The molecule has 108 valence electrons. The minimum atomic E-state index is 0.629. The van der Waals surface area contributed by atoms with Gasteiger partial charge >= 0.3 is 0 Å². The van der Waals surface area contributed by atoms with Crippen LogP contribution in [0.25, 0.3) is 0 Å². The first-order chi connectivity index (χ1) is 9.63. The Kier molecular flexibility index (Phi) is 5.17. The summed E-state index contributed by atoms with van der Waals surface area (Å²) < 4.78 is 6.91. The molecule has 2 aromatic rings. The average molecular weight is 294 g/mol. The van der Waals surface area contributed by atoms with E-state index in [1.165, 1.54) is 11.1 Å². The zero-order valence-corrected chi connectivity index (χ0v) is 12.9. The van der Waals surface area contributed by atoms with E-state index in [0.717, 1.165) is 17.8 Å². The molecule has 0 aliphatic carbocycles. The molecule has 20 heavy (non-hydrogen) atoms. The quantitative estimate of drug-likeness (QED) is 0.890. The van der Waals surface area contributed by atoms with E-state index < -0.39 is 0 Å². The third kappa shape index (κ3) is 3.39. The van der Waals surface area contributed by atoms with Crippen molar-refractivity contribution in [1.82, 2.24) is 15.1 Å². The van der Waals surface area contributed by atoms with Crippen LogP contribution in [0.4, 0.5) is 0 Å². The average Bonchev–Trinajstić information content (AvgIpc) is 2.67. The molecule has 0 fully saturated rings. The van der Waals surface area contributed by atoms with Crippen LogP contribution in [0.1, 0.15) is 22.4 Å². The van der Waals surface area contributed by atoms with Gasteiger partial charge in [0.2, 0.25) is 0 Å². The Morgan fingerprint density at radius 2 is 1.95 bits per heavy atom. The van der Waals surface area contributed by atoms with E-state index in [0.29, 0.717) is 18.3 Å². The van der Waals surface area contributed by atoms with Gasteiger partial charge in [-0.05, 0) is 18.1 Å². The van der Waals surface area contributed by atoms with Crippen molar-refractivity contribution in [2.45, 2.75) is 26.6 Å². The van der Waals surface area contributed by atoms with Crippen molar-refractivity contribution in [3.8, 4) is 0 Å². The molecule has 0 saturated heterocycles. The fourth-order valence-corrected chi connectivity index (χ4v) is 2.46. The molecule has 0 aliphatic rings. The van der Waals surface area contributed by atoms with E-state index in [2.05, 4.69) is 22.5 Å². The number of nitrogens with one attached hydrogen (secondary N) is 1. The Morgan fingerprint density at radius 1 is 1.25 bits per heavy atom. The Morgan fingerprint density at radius 3 is 2.55 bits per heavy atom. The van der Waals surface area contributed by atoms with Gasteiger partial charge in [0.15, 0.2) is 0 Å². The number of halogens is 1. The van der Waals surface area contributed by atoms with Crippen LogP contribution in [-0.2, 0) is 31.5 Å². The van der Waals surface area contributed by atoms with E-state index in [1.807, 2.05) is 26.1 Å². The lowest BCUT2D eigenvalue weighted by atomic mass is 10.1. The molecule has 0 spiro atoms. The number of aromatic nitrogens is 2. The Hall–Kier alpha value is -1.36. The molecule has 0 amide bonds. The largest absolute Gasteiger partial charge is 0.380 e. The lowest BCUT2D eigenvalue weighted by Crippen LogP contribution is -2.14. The summed E-state index contributed by atoms with van der Waals surface area (Å²) in [6, 6.07) is 8.26. The van der Waals surface area contributed by atoms with Crippen LogP contribution in [0.5, 0.6) is 0 Å². The first kappa shape index (κ1) is 15.0. The van der Waals surface area contributed by atoms with Crippen LogP contribution in [0.3, 0.4) is 0 Å². The first-order valence-electron chi connectivity index (χ1n) is 6.58. The minimum absolute atomic E-state index is 0.629. The van der Waals surface area contributed by atoms with Gasteiger partial charge in [-0.3, -0.25) is 4.68 Å². The highest BCUT2D eigenvalue weighted by molar-refractivity contribution is 6.30. The summed E-state index contributed by atoms with van der Waals surface area (Å²) in [5.41, 5.74) is 4.47. The van der Waals surface area contributed by atoms with Crippen molar-refractivity contribution in [3.63, 3.8) is 0 Å². The van der Waals surface area contributed by atoms with Crippen molar-refractivity contribution in [2.24, 2.45) is 7.05 Å². The number of ether oxygens (including phenoxy) is 1. The highest BCUT2D eigenvalue weighted by Gasteiger charge is 2.10. The molecular formula is C15H20ClN3O. The standard InChI is InChI=1S/C15H20ClN3O/c1-11-14(15(16)19(2)18-11)9-17-8-12-6-4-5-7-13(12)10-20-3/h4-7,17H,8-10H2,1-3H3. The summed E-state index contributed by atoms with van der Waals surface area (Å²) in [5, 5.41) is 8.42. The van der Waals surface area contributed by atoms with Gasteiger partial charge < -0.3 is 10.1 Å². The maximum Gasteiger partial charge on any atom is 0.131 e. The number of hydrogen-bond acceptors (Lipinski definition) is 3. The maximum atomic E-state index is 6.22. The molecule has 1 N–H and O–H groups in total. The topological polar surface area (TPSA) is 39.1 Å². The molecule has 1 heterocycles. The third-order valence-electron chi connectivity index (χ3n) is 3.31. The summed E-state index contributed by atoms with van der Waals surface area (Å²) >= 11 is 6.22. The fraction of sp³-hybridized carbons (Fsp3) is 0.400. The van der Waals surface area contributed by atoms with Gasteiger partial charge in [0.05, 0.1) is 12.3 Å². The molecule has 4 nitrogen and oxygen atoms in total. The second-order valence-electron chi connectivity index (χ2n) is 4.78. The van der Waals surface area contributed by atoms with Crippen molar-refractivity contribution in [2.75, 3.05) is 7.11 Å². The van der Waals surface area contributed by atoms with E-state index in [4.69, 9.17) is 16.3 Å². The Balaban J connectivity index is 1.99. The summed E-state index contributed by atoms with van der Waals surface area (Å²) in [5.74, 6) is 0. The van der Waals surface area contributed by atoms with E-state index in [-0.39, 0.29) is 0 Å². The van der Waals surface area contributed by atoms with E-state index >= 15 is 0 Å². The normalized spacial score (nSPS) is 11.0. The third-order valence-corrected chi connectivity index (χ3v) is 3.78. The van der Waals surface area contributed by atoms with Crippen molar-refractivity contribution < 1.29 is 4.74 Å². The number of methoxy groups -OCH3 is 1. The van der Waals surface area contributed by atoms with Gasteiger partial charge in [0, 0.05) is 32.8 Å². The highest BCUT2D eigenvalue weighted by Crippen LogP contribution is 2.18. The van der Waals surface area contributed by atoms with Crippen LogP contribution >= 0.6 is 11.6 Å². The molecule has 0 saturated carbocycles. The molecule has 0 atom stereocenters. The van der Waals surface area contributed by atoms with Gasteiger partial charge in [0.25, 0.3) is 0 Å². The molecule has 0 aliphatic heterocycles. The highest BCUT2D eigenvalue weighted by atomic mass is 35.5. The Bertz CT molecular complexity index is 580. The smallest absolute Gasteiger partial charge is 0.131 e. The van der Waals surface area contributed by atoms with Gasteiger partial charge in [-0.15, -0.1) is 0 Å². The minimum Gasteiger partial charge on any atom is -0.380 e. The Labute approximate surface area is 124 Å². The number of nitrogens with zero attached hydrogens (tertiary/aromatic N) is 2. The van der Waals surface area contributed by atoms with Gasteiger partial charge in [-0.25, -0.2) is 0 Å². The van der Waals surface area contributed by atoms with Crippen molar-refractivity contribution in [1.29, 1.82) is 0 Å². The molecule has 1 aromatic carbocycles. The molecule has 2 rings (SSSR count). The first-order valence-corrected chi connectivity index (χ1v) is 6.95. The van der Waals surface area contributed by atoms with Gasteiger partial charge in [-0.2, -0.15) is 5.10 Å². The van der Waals surface area contributed by atoms with Gasteiger partial charge in [-0.1, -0.05) is 35.9 Å². The van der Waals surface area contributed by atoms with Crippen LogP contribution in [0.15, 0.2) is 24.3 Å². The number of hydrogen-bond donors (Lipinski definition) is 1. The monoisotopic (exact) mass is 293 g/mol.